The number of carbonyl (C=O) groups is 2. The molecule has 1 saturated carbocycles. The van der Waals surface area contributed by atoms with Crippen molar-refractivity contribution in [1.29, 1.82) is 0 Å². The van der Waals surface area contributed by atoms with Crippen LogP contribution in [0.4, 0.5) is 11.4 Å². The third-order valence-corrected chi connectivity index (χ3v) is 4.90. The first-order chi connectivity index (χ1) is 12.2. The molecule has 2 aliphatic rings. The summed E-state index contributed by atoms with van der Waals surface area (Å²) < 4.78 is 5.38. The fourth-order valence-corrected chi connectivity index (χ4v) is 3.51. The van der Waals surface area contributed by atoms with Crippen LogP contribution >= 0.6 is 0 Å². The van der Waals surface area contributed by atoms with Crippen molar-refractivity contribution in [3.05, 3.63) is 24.3 Å². The van der Waals surface area contributed by atoms with Gasteiger partial charge in [-0.2, -0.15) is 0 Å². The van der Waals surface area contributed by atoms with Crippen molar-refractivity contribution in [3.63, 3.8) is 0 Å². The number of nitrogens with zero attached hydrogens (tertiary/aromatic N) is 1. The lowest BCUT2D eigenvalue weighted by Gasteiger charge is -2.30. The van der Waals surface area contributed by atoms with Crippen LogP contribution in [0.3, 0.4) is 0 Å². The van der Waals surface area contributed by atoms with Crippen molar-refractivity contribution in [1.82, 2.24) is 5.32 Å². The molecule has 6 nitrogen and oxygen atoms in total. The zero-order chi connectivity index (χ0) is 17.5. The van der Waals surface area contributed by atoms with Crippen molar-refractivity contribution in [3.8, 4) is 0 Å². The fraction of sp³-hybridized carbons (Fsp3) is 0.579. The summed E-state index contributed by atoms with van der Waals surface area (Å²) in [7, 11) is 0. The van der Waals surface area contributed by atoms with Gasteiger partial charge in [-0.1, -0.05) is 37.8 Å². The molecule has 1 aliphatic heterocycles. The van der Waals surface area contributed by atoms with E-state index in [9.17, 15) is 9.59 Å². The van der Waals surface area contributed by atoms with E-state index >= 15 is 0 Å². The lowest BCUT2D eigenvalue weighted by atomic mass is 10.1. The average Bonchev–Trinajstić information content (AvgIpc) is 2.91. The first-order valence-electron chi connectivity index (χ1n) is 9.27. The highest BCUT2D eigenvalue weighted by Gasteiger charge is 2.22. The fourth-order valence-electron chi connectivity index (χ4n) is 3.51. The second-order valence-electron chi connectivity index (χ2n) is 6.73. The largest absolute Gasteiger partial charge is 0.378 e. The summed E-state index contributed by atoms with van der Waals surface area (Å²) in [5, 5.41) is 5.67. The Labute approximate surface area is 148 Å². The van der Waals surface area contributed by atoms with E-state index in [0.29, 0.717) is 18.9 Å². The van der Waals surface area contributed by atoms with Crippen molar-refractivity contribution in [2.45, 2.75) is 44.6 Å². The lowest BCUT2D eigenvalue weighted by molar-refractivity contribution is -0.136. The minimum Gasteiger partial charge on any atom is -0.378 e. The molecule has 136 valence electrons. The van der Waals surface area contributed by atoms with E-state index < -0.39 is 11.8 Å². The van der Waals surface area contributed by atoms with Crippen LogP contribution in [0.15, 0.2) is 24.3 Å². The van der Waals surface area contributed by atoms with Crippen LogP contribution in [0.25, 0.3) is 0 Å². The van der Waals surface area contributed by atoms with Gasteiger partial charge in [-0.05, 0) is 25.0 Å². The van der Waals surface area contributed by atoms with Crippen LogP contribution in [-0.2, 0) is 14.3 Å². The molecule has 0 bridgehead atoms. The molecule has 1 heterocycles. The van der Waals surface area contributed by atoms with Gasteiger partial charge in [-0.25, -0.2) is 0 Å². The number of para-hydroxylation sites is 2. The Morgan fingerprint density at radius 3 is 2.36 bits per heavy atom. The lowest BCUT2D eigenvalue weighted by Crippen LogP contribution is -2.42. The van der Waals surface area contributed by atoms with Crippen LogP contribution in [0.5, 0.6) is 0 Å². The van der Waals surface area contributed by atoms with Gasteiger partial charge < -0.3 is 20.3 Å². The molecule has 0 radical (unpaired) electrons. The number of carbonyl (C=O) groups excluding carboxylic acids is 2. The van der Waals surface area contributed by atoms with Crippen molar-refractivity contribution >= 4 is 23.2 Å². The number of morpholine rings is 1. The Morgan fingerprint density at radius 1 is 0.960 bits per heavy atom. The van der Waals surface area contributed by atoms with Gasteiger partial charge >= 0.3 is 11.8 Å². The summed E-state index contributed by atoms with van der Waals surface area (Å²) in [6.07, 6.45) is 6.59. The second-order valence-corrected chi connectivity index (χ2v) is 6.73. The number of ether oxygens (including phenoxy) is 1. The standard InChI is InChI=1S/C19H27N3O3/c23-18(20-15-7-3-1-2-4-8-15)19(24)21-16-9-5-6-10-17(16)22-11-13-25-14-12-22/h5-6,9-10,15H,1-4,7-8,11-14H2,(H,20,23)(H,21,24). The molecule has 1 aliphatic carbocycles. The van der Waals surface area contributed by atoms with Gasteiger partial charge in [-0.15, -0.1) is 0 Å². The first-order valence-corrected chi connectivity index (χ1v) is 9.27. The number of hydrogen-bond donors (Lipinski definition) is 2. The van der Waals surface area contributed by atoms with Crippen molar-refractivity contribution < 1.29 is 14.3 Å². The highest BCUT2D eigenvalue weighted by molar-refractivity contribution is 6.40. The molecule has 1 aromatic carbocycles. The van der Waals surface area contributed by atoms with Gasteiger partial charge in [0.25, 0.3) is 0 Å². The normalized spacial score (nSPS) is 19.1. The monoisotopic (exact) mass is 345 g/mol. The topological polar surface area (TPSA) is 70.7 Å². The molecule has 1 saturated heterocycles. The van der Waals surface area contributed by atoms with Crippen molar-refractivity contribution in [2.75, 3.05) is 36.5 Å². The van der Waals surface area contributed by atoms with Crippen LogP contribution in [-0.4, -0.2) is 44.2 Å². The molecule has 0 atom stereocenters. The second kappa shape index (κ2) is 8.85. The highest BCUT2D eigenvalue weighted by Crippen LogP contribution is 2.26. The summed E-state index contributed by atoms with van der Waals surface area (Å²) in [5.74, 6) is -1.13. The molecule has 0 aromatic heterocycles. The predicted octanol–water partition coefficient (Wildman–Crippen LogP) is 2.30. The molecule has 2 amide bonds. The Hall–Kier alpha value is -2.08. The smallest absolute Gasteiger partial charge is 0.313 e. The van der Waals surface area contributed by atoms with E-state index in [1.807, 2.05) is 24.3 Å². The predicted molar refractivity (Wildman–Crippen MR) is 97.7 cm³/mol. The van der Waals surface area contributed by atoms with E-state index in [4.69, 9.17) is 4.74 Å². The molecule has 0 spiro atoms. The quantitative estimate of drug-likeness (QED) is 0.651. The van der Waals surface area contributed by atoms with E-state index in [1.54, 1.807) is 0 Å². The number of nitrogens with one attached hydrogen (secondary N) is 2. The SMILES string of the molecule is O=C(Nc1ccccc1N1CCOCC1)C(=O)NC1CCCCCC1. The molecule has 1 aromatic rings. The first kappa shape index (κ1) is 17.7. The highest BCUT2D eigenvalue weighted by atomic mass is 16.5. The van der Waals surface area contributed by atoms with Gasteiger partial charge in [0.05, 0.1) is 24.6 Å². The van der Waals surface area contributed by atoms with E-state index in [-0.39, 0.29) is 6.04 Å². The van der Waals surface area contributed by atoms with Gasteiger partial charge in [0.1, 0.15) is 0 Å². The third-order valence-electron chi connectivity index (χ3n) is 4.90. The summed E-state index contributed by atoms with van der Waals surface area (Å²) >= 11 is 0. The number of amides is 2. The minimum absolute atomic E-state index is 0.121. The summed E-state index contributed by atoms with van der Waals surface area (Å²) in [5.41, 5.74) is 1.60. The van der Waals surface area contributed by atoms with Gasteiger partial charge in [0.15, 0.2) is 0 Å². The molecule has 25 heavy (non-hydrogen) atoms. The Bertz CT molecular complexity index is 591. The van der Waals surface area contributed by atoms with Gasteiger partial charge in [0.2, 0.25) is 0 Å². The van der Waals surface area contributed by atoms with Gasteiger partial charge in [-0.3, -0.25) is 9.59 Å². The number of hydrogen-bond acceptors (Lipinski definition) is 4. The number of benzene rings is 1. The number of rotatable bonds is 3. The maximum Gasteiger partial charge on any atom is 0.313 e. The summed E-state index contributed by atoms with van der Waals surface area (Å²) in [4.78, 5) is 26.8. The molecule has 0 unspecified atom stereocenters. The van der Waals surface area contributed by atoms with Crippen LogP contribution in [0.2, 0.25) is 0 Å². The molecular formula is C19H27N3O3. The summed E-state index contributed by atoms with van der Waals surface area (Å²) in [6.45, 7) is 2.90. The molecule has 2 fully saturated rings. The van der Waals surface area contributed by atoms with Crippen LogP contribution in [0, 0.1) is 0 Å². The van der Waals surface area contributed by atoms with E-state index in [2.05, 4.69) is 15.5 Å². The van der Waals surface area contributed by atoms with Crippen molar-refractivity contribution in [2.24, 2.45) is 0 Å². The molecule has 3 rings (SSSR count). The van der Waals surface area contributed by atoms with Crippen LogP contribution in [0.1, 0.15) is 38.5 Å². The zero-order valence-corrected chi connectivity index (χ0v) is 14.6. The minimum atomic E-state index is -0.593. The summed E-state index contributed by atoms with van der Waals surface area (Å²) in [6, 6.07) is 7.72. The molecule has 2 N–H and O–H groups in total. The zero-order valence-electron chi connectivity index (χ0n) is 14.6. The molecular weight excluding hydrogens is 318 g/mol. The Kier molecular flexibility index (Phi) is 6.28. The van der Waals surface area contributed by atoms with Gasteiger partial charge in [0, 0.05) is 19.1 Å². The van der Waals surface area contributed by atoms with Crippen LogP contribution < -0.4 is 15.5 Å². The average molecular weight is 345 g/mol. The third kappa shape index (κ3) is 4.95. The number of anilines is 2. The van der Waals surface area contributed by atoms with E-state index in [1.165, 1.54) is 12.8 Å². The maximum atomic E-state index is 12.3. The van der Waals surface area contributed by atoms with E-state index in [0.717, 1.165) is 44.5 Å². The maximum absolute atomic E-state index is 12.3. The Balaban J connectivity index is 1.61. The Morgan fingerprint density at radius 2 is 1.64 bits per heavy atom. The molecule has 6 heteroatoms.